The van der Waals surface area contributed by atoms with E-state index in [9.17, 15) is 9.59 Å². The molecule has 1 aromatic heterocycles. The standard InChI is InChI=1S/C13H13N3O3S/c1-2-11-15-16-13(20-11)14-10(17)7-8-5-3-4-6-9(8)12(18)19/h3-6H,2,7H2,1H3,(H,18,19)(H,14,16,17). The maximum absolute atomic E-state index is 11.9. The maximum Gasteiger partial charge on any atom is 0.335 e. The van der Waals surface area contributed by atoms with Crippen LogP contribution in [-0.4, -0.2) is 27.2 Å². The number of aromatic carboxylic acids is 1. The van der Waals surface area contributed by atoms with Crippen molar-refractivity contribution in [2.24, 2.45) is 0 Å². The van der Waals surface area contributed by atoms with Gasteiger partial charge in [-0.25, -0.2) is 4.79 Å². The lowest BCUT2D eigenvalue weighted by Gasteiger charge is -2.05. The van der Waals surface area contributed by atoms with Crippen LogP contribution in [0.3, 0.4) is 0 Å². The van der Waals surface area contributed by atoms with E-state index >= 15 is 0 Å². The first-order chi connectivity index (χ1) is 9.60. The summed E-state index contributed by atoms with van der Waals surface area (Å²) in [6.45, 7) is 1.95. The van der Waals surface area contributed by atoms with Crippen molar-refractivity contribution in [3.05, 3.63) is 40.4 Å². The van der Waals surface area contributed by atoms with E-state index in [1.165, 1.54) is 17.4 Å². The van der Waals surface area contributed by atoms with Crippen LogP contribution in [0, 0.1) is 0 Å². The number of nitrogens with one attached hydrogen (secondary N) is 1. The van der Waals surface area contributed by atoms with E-state index < -0.39 is 5.97 Å². The second kappa shape index (κ2) is 6.25. The lowest BCUT2D eigenvalue weighted by molar-refractivity contribution is -0.115. The van der Waals surface area contributed by atoms with E-state index in [0.29, 0.717) is 10.7 Å². The minimum Gasteiger partial charge on any atom is -0.478 e. The summed E-state index contributed by atoms with van der Waals surface area (Å²) in [5, 5.41) is 20.7. The van der Waals surface area contributed by atoms with Crippen molar-refractivity contribution in [1.82, 2.24) is 10.2 Å². The number of anilines is 1. The Morgan fingerprint density at radius 3 is 2.70 bits per heavy atom. The van der Waals surface area contributed by atoms with E-state index in [2.05, 4.69) is 15.5 Å². The van der Waals surface area contributed by atoms with Crippen LogP contribution in [-0.2, 0) is 17.6 Å². The van der Waals surface area contributed by atoms with Crippen molar-refractivity contribution >= 4 is 28.3 Å². The van der Waals surface area contributed by atoms with Gasteiger partial charge in [-0.1, -0.05) is 36.5 Å². The molecule has 20 heavy (non-hydrogen) atoms. The zero-order chi connectivity index (χ0) is 14.5. The lowest BCUT2D eigenvalue weighted by atomic mass is 10.0. The molecule has 0 radical (unpaired) electrons. The second-order valence-corrected chi connectivity index (χ2v) is 5.10. The highest BCUT2D eigenvalue weighted by Gasteiger charge is 2.13. The molecule has 104 valence electrons. The van der Waals surface area contributed by atoms with Gasteiger partial charge < -0.3 is 10.4 Å². The van der Waals surface area contributed by atoms with Crippen LogP contribution in [0.5, 0.6) is 0 Å². The third-order valence-corrected chi connectivity index (χ3v) is 3.60. The first-order valence-corrected chi connectivity index (χ1v) is 6.85. The number of aryl methyl sites for hydroxylation is 1. The molecule has 7 heteroatoms. The second-order valence-electron chi connectivity index (χ2n) is 4.04. The third-order valence-electron chi connectivity index (χ3n) is 2.61. The van der Waals surface area contributed by atoms with Crippen molar-refractivity contribution in [1.29, 1.82) is 0 Å². The first kappa shape index (κ1) is 14.1. The van der Waals surface area contributed by atoms with Gasteiger partial charge in [0.2, 0.25) is 11.0 Å². The van der Waals surface area contributed by atoms with Crippen LogP contribution < -0.4 is 5.32 Å². The van der Waals surface area contributed by atoms with Crippen molar-refractivity contribution in [2.75, 3.05) is 5.32 Å². The summed E-state index contributed by atoms with van der Waals surface area (Å²) in [6.07, 6.45) is 0.749. The molecule has 2 rings (SSSR count). The summed E-state index contributed by atoms with van der Waals surface area (Å²) in [4.78, 5) is 22.9. The van der Waals surface area contributed by atoms with Crippen molar-refractivity contribution in [2.45, 2.75) is 19.8 Å². The fourth-order valence-corrected chi connectivity index (χ4v) is 2.36. The molecule has 2 aromatic rings. The van der Waals surface area contributed by atoms with Crippen molar-refractivity contribution < 1.29 is 14.7 Å². The normalized spacial score (nSPS) is 10.2. The number of amides is 1. The molecular weight excluding hydrogens is 278 g/mol. The lowest BCUT2D eigenvalue weighted by Crippen LogP contribution is -2.16. The Kier molecular flexibility index (Phi) is 4.41. The number of carbonyl (C=O) groups is 2. The zero-order valence-electron chi connectivity index (χ0n) is 10.8. The van der Waals surface area contributed by atoms with Crippen LogP contribution >= 0.6 is 11.3 Å². The molecule has 0 atom stereocenters. The van der Waals surface area contributed by atoms with Gasteiger partial charge in [0.1, 0.15) is 5.01 Å². The molecule has 6 nitrogen and oxygen atoms in total. The van der Waals surface area contributed by atoms with E-state index in [0.717, 1.165) is 11.4 Å². The SMILES string of the molecule is CCc1nnc(NC(=O)Cc2ccccc2C(=O)O)s1. The minimum absolute atomic E-state index is 0.0104. The molecule has 0 unspecified atom stereocenters. The quantitative estimate of drug-likeness (QED) is 0.878. The molecule has 0 aliphatic carbocycles. The van der Waals surface area contributed by atoms with Crippen LogP contribution in [0.2, 0.25) is 0 Å². The Labute approximate surface area is 119 Å². The van der Waals surface area contributed by atoms with Gasteiger partial charge in [0, 0.05) is 0 Å². The predicted molar refractivity (Wildman–Crippen MR) is 75.0 cm³/mol. The van der Waals surface area contributed by atoms with E-state index in [-0.39, 0.29) is 17.9 Å². The fraction of sp³-hybridized carbons (Fsp3) is 0.231. The Morgan fingerprint density at radius 2 is 2.05 bits per heavy atom. The summed E-state index contributed by atoms with van der Waals surface area (Å²) in [5.41, 5.74) is 0.604. The predicted octanol–water partition coefficient (Wildman–Crippen LogP) is 1.98. The maximum atomic E-state index is 11.9. The smallest absolute Gasteiger partial charge is 0.335 e. The molecule has 0 bridgehead atoms. The molecule has 1 aromatic carbocycles. The van der Waals surface area contributed by atoms with Crippen LogP contribution in [0.25, 0.3) is 0 Å². The minimum atomic E-state index is -1.04. The Morgan fingerprint density at radius 1 is 1.30 bits per heavy atom. The first-order valence-electron chi connectivity index (χ1n) is 6.03. The number of rotatable bonds is 5. The summed E-state index contributed by atoms with van der Waals surface area (Å²) in [7, 11) is 0. The molecule has 0 saturated carbocycles. The number of hydrogen-bond donors (Lipinski definition) is 2. The van der Waals surface area contributed by atoms with Gasteiger partial charge in [0.05, 0.1) is 12.0 Å². The van der Waals surface area contributed by atoms with Gasteiger partial charge in [-0.05, 0) is 18.1 Å². The van der Waals surface area contributed by atoms with Gasteiger partial charge in [-0.3, -0.25) is 4.79 Å². The molecule has 0 aliphatic heterocycles. The van der Waals surface area contributed by atoms with E-state index in [1.54, 1.807) is 18.2 Å². The summed E-state index contributed by atoms with van der Waals surface area (Å²) in [6, 6.07) is 6.43. The third kappa shape index (κ3) is 3.39. The zero-order valence-corrected chi connectivity index (χ0v) is 11.6. The van der Waals surface area contributed by atoms with Gasteiger partial charge in [-0.2, -0.15) is 0 Å². The topological polar surface area (TPSA) is 92.2 Å². The van der Waals surface area contributed by atoms with Gasteiger partial charge >= 0.3 is 5.97 Å². The number of benzene rings is 1. The molecule has 2 N–H and O–H groups in total. The van der Waals surface area contributed by atoms with Gasteiger partial charge in [0.15, 0.2) is 0 Å². The summed E-state index contributed by atoms with van der Waals surface area (Å²) < 4.78 is 0. The van der Waals surface area contributed by atoms with Crippen molar-refractivity contribution in [3.8, 4) is 0 Å². The van der Waals surface area contributed by atoms with Crippen LogP contribution in [0.15, 0.2) is 24.3 Å². The Balaban J connectivity index is 2.06. The number of carboxylic acid groups (broad SMARTS) is 1. The fourth-order valence-electron chi connectivity index (χ4n) is 1.67. The number of carbonyl (C=O) groups excluding carboxylic acids is 1. The number of carboxylic acids is 1. The average molecular weight is 291 g/mol. The highest BCUT2D eigenvalue weighted by Crippen LogP contribution is 2.16. The number of aromatic nitrogens is 2. The average Bonchev–Trinajstić information content (AvgIpc) is 2.86. The van der Waals surface area contributed by atoms with Crippen LogP contribution in [0.1, 0.15) is 27.9 Å². The summed E-state index contributed by atoms with van der Waals surface area (Å²) in [5.74, 6) is -1.35. The van der Waals surface area contributed by atoms with E-state index in [1.807, 2.05) is 6.92 Å². The van der Waals surface area contributed by atoms with Crippen LogP contribution in [0.4, 0.5) is 5.13 Å². The van der Waals surface area contributed by atoms with Gasteiger partial charge in [-0.15, -0.1) is 10.2 Å². The molecule has 0 saturated heterocycles. The van der Waals surface area contributed by atoms with Gasteiger partial charge in [0.25, 0.3) is 0 Å². The highest BCUT2D eigenvalue weighted by molar-refractivity contribution is 7.15. The largest absolute Gasteiger partial charge is 0.478 e. The summed E-state index contributed by atoms with van der Waals surface area (Å²) >= 11 is 1.31. The molecule has 1 amide bonds. The highest BCUT2D eigenvalue weighted by atomic mass is 32.1. The molecule has 0 fully saturated rings. The van der Waals surface area contributed by atoms with Crippen molar-refractivity contribution in [3.63, 3.8) is 0 Å². The number of hydrogen-bond acceptors (Lipinski definition) is 5. The number of nitrogens with zero attached hydrogens (tertiary/aromatic N) is 2. The molecule has 1 heterocycles. The Bertz CT molecular complexity index is 639. The van der Waals surface area contributed by atoms with E-state index in [4.69, 9.17) is 5.11 Å². The molecular formula is C13H13N3O3S. The monoisotopic (exact) mass is 291 g/mol. The molecule has 0 spiro atoms. The molecule has 0 aliphatic rings. The Hall–Kier alpha value is -2.28.